The summed E-state index contributed by atoms with van der Waals surface area (Å²) in [6, 6.07) is 16.4. The summed E-state index contributed by atoms with van der Waals surface area (Å²) in [6.07, 6.45) is 7.65. The zero-order valence-corrected chi connectivity index (χ0v) is 22.5. The highest BCUT2D eigenvalue weighted by molar-refractivity contribution is 6.12. The van der Waals surface area contributed by atoms with E-state index in [-0.39, 0.29) is 17.9 Å². The van der Waals surface area contributed by atoms with Crippen molar-refractivity contribution < 1.29 is 9.59 Å². The van der Waals surface area contributed by atoms with Gasteiger partial charge in [-0.3, -0.25) is 19.2 Å². The first-order valence-corrected chi connectivity index (χ1v) is 13.7. The Bertz CT molecular complexity index is 1280. The fraction of sp³-hybridized carbons (Fsp3) is 0.452. The van der Waals surface area contributed by atoms with Crippen molar-refractivity contribution in [2.45, 2.75) is 90.8 Å². The van der Waals surface area contributed by atoms with Crippen LogP contribution in [0.2, 0.25) is 0 Å². The van der Waals surface area contributed by atoms with Crippen LogP contribution >= 0.6 is 0 Å². The van der Waals surface area contributed by atoms with Crippen molar-refractivity contribution in [3.05, 3.63) is 70.9 Å². The van der Waals surface area contributed by atoms with Crippen LogP contribution in [0.1, 0.15) is 79.6 Å². The molecule has 1 unspecified atom stereocenters. The topological polar surface area (TPSA) is 67.2 Å². The number of nitrogens with zero attached hydrogens (tertiary/aromatic N) is 3. The third kappa shape index (κ3) is 4.94. The van der Waals surface area contributed by atoms with Gasteiger partial charge in [0.15, 0.2) is 0 Å². The monoisotopic (exact) mass is 498 g/mol. The van der Waals surface area contributed by atoms with Gasteiger partial charge in [-0.1, -0.05) is 62.9 Å². The molecule has 1 aliphatic carbocycles. The van der Waals surface area contributed by atoms with Gasteiger partial charge in [0.05, 0.1) is 12.2 Å². The van der Waals surface area contributed by atoms with Crippen LogP contribution in [0.3, 0.4) is 0 Å². The Morgan fingerprint density at radius 3 is 2.27 bits per heavy atom. The Hall–Kier alpha value is -3.41. The van der Waals surface area contributed by atoms with Gasteiger partial charge in [0.25, 0.3) is 5.91 Å². The van der Waals surface area contributed by atoms with Crippen LogP contribution in [0.25, 0.3) is 11.3 Å². The average molecular weight is 499 g/mol. The highest BCUT2D eigenvalue weighted by Gasteiger charge is 2.49. The van der Waals surface area contributed by atoms with Crippen molar-refractivity contribution in [3.63, 3.8) is 0 Å². The lowest BCUT2D eigenvalue weighted by molar-refractivity contribution is -0.127. The van der Waals surface area contributed by atoms with Crippen molar-refractivity contribution in [2.24, 2.45) is 0 Å². The molecule has 0 bridgehead atoms. The number of aryl methyl sites for hydroxylation is 3. The maximum Gasteiger partial charge on any atom is 0.277 e. The Morgan fingerprint density at radius 1 is 1.00 bits per heavy atom. The molecular formula is C31H38N4O2. The first-order valence-electron chi connectivity index (χ1n) is 13.7. The van der Waals surface area contributed by atoms with Crippen molar-refractivity contribution in [1.29, 1.82) is 0 Å². The molecule has 2 amide bonds. The number of aromatic nitrogens is 2. The third-order valence-corrected chi connectivity index (χ3v) is 7.96. The van der Waals surface area contributed by atoms with Crippen molar-refractivity contribution in [1.82, 2.24) is 15.1 Å². The molecule has 1 aromatic heterocycles. The smallest absolute Gasteiger partial charge is 0.277 e. The minimum atomic E-state index is -1.11. The van der Waals surface area contributed by atoms with E-state index in [9.17, 15) is 9.59 Å². The molecule has 1 saturated carbocycles. The number of fused-ring (bicyclic) bond motifs is 1. The van der Waals surface area contributed by atoms with E-state index in [1.165, 1.54) is 18.4 Å². The lowest BCUT2D eigenvalue weighted by Gasteiger charge is -2.44. The Morgan fingerprint density at radius 2 is 1.65 bits per heavy atom. The van der Waals surface area contributed by atoms with Crippen LogP contribution in [0, 0.1) is 13.8 Å². The second-order valence-corrected chi connectivity index (χ2v) is 11.0. The summed E-state index contributed by atoms with van der Waals surface area (Å²) < 4.78 is 1.73. The number of amides is 2. The predicted molar refractivity (Wildman–Crippen MR) is 148 cm³/mol. The Kier molecular flexibility index (Phi) is 6.93. The minimum Gasteiger partial charge on any atom is -0.351 e. The fourth-order valence-electron chi connectivity index (χ4n) is 5.88. The van der Waals surface area contributed by atoms with E-state index in [4.69, 9.17) is 5.10 Å². The van der Waals surface area contributed by atoms with Gasteiger partial charge in [-0.25, -0.2) is 0 Å². The molecule has 6 heteroatoms. The molecule has 2 heterocycles. The van der Waals surface area contributed by atoms with Crippen LogP contribution in [-0.4, -0.2) is 33.2 Å². The molecule has 5 rings (SSSR count). The number of carbonyl (C=O) groups is 2. The molecule has 1 N–H and O–H groups in total. The largest absolute Gasteiger partial charge is 0.351 e. The molecule has 1 fully saturated rings. The SMILES string of the molecule is CCc1ccc(-c2cc3n(n2)CC(C)(C(=O)NC2CCCCCC2)N(c2cc(C)cc(C)c2)C3=O)cc1. The molecule has 0 spiro atoms. The number of hydrogen-bond acceptors (Lipinski definition) is 3. The van der Waals surface area contributed by atoms with Gasteiger partial charge in [0.1, 0.15) is 11.2 Å². The van der Waals surface area contributed by atoms with E-state index in [1.54, 1.807) is 9.58 Å². The molecule has 1 aliphatic heterocycles. The first-order chi connectivity index (χ1) is 17.8. The summed E-state index contributed by atoms with van der Waals surface area (Å²) in [5, 5.41) is 8.15. The quantitative estimate of drug-likeness (QED) is 0.440. The number of hydrogen-bond donors (Lipinski definition) is 1. The highest BCUT2D eigenvalue weighted by Crippen LogP contribution is 2.35. The second-order valence-electron chi connectivity index (χ2n) is 11.0. The average Bonchev–Trinajstić information content (AvgIpc) is 3.12. The van der Waals surface area contributed by atoms with Crippen molar-refractivity contribution in [3.8, 4) is 11.3 Å². The maximum absolute atomic E-state index is 14.1. The summed E-state index contributed by atoms with van der Waals surface area (Å²) in [4.78, 5) is 29.9. The molecule has 2 aromatic carbocycles. The Labute approximate surface area is 220 Å². The molecule has 2 aliphatic rings. The highest BCUT2D eigenvalue weighted by atomic mass is 16.2. The predicted octanol–water partition coefficient (Wildman–Crippen LogP) is 5.99. The van der Waals surface area contributed by atoms with Gasteiger partial charge >= 0.3 is 0 Å². The number of anilines is 1. The summed E-state index contributed by atoms with van der Waals surface area (Å²) in [7, 11) is 0. The van der Waals surface area contributed by atoms with Gasteiger partial charge in [0, 0.05) is 17.3 Å². The van der Waals surface area contributed by atoms with E-state index in [0.717, 1.165) is 60.2 Å². The van der Waals surface area contributed by atoms with E-state index >= 15 is 0 Å². The molecule has 1 atom stereocenters. The van der Waals surface area contributed by atoms with Crippen LogP contribution in [0.5, 0.6) is 0 Å². The molecule has 3 aromatic rings. The minimum absolute atomic E-state index is 0.109. The van der Waals surface area contributed by atoms with Crippen LogP contribution in [0.15, 0.2) is 48.5 Å². The normalized spacial score (nSPS) is 20.4. The molecule has 6 nitrogen and oxygen atoms in total. The van der Waals surface area contributed by atoms with E-state index < -0.39 is 5.54 Å². The molecule has 0 saturated heterocycles. The summed E-state index contributed by atoms with van der Waals surface area (Å²) in [6.45, 7) is 8.36. The molecule has 0 radical (unpaired) electrons. The Balaban J connectivity index is 1.55. The van der Waals surface area contributed by atoms with Crippen molar-refractivity contribution in [2.75, 3.05) is 4.90 Å². The second kappa shape index (κ2) is 10.2. The van der Waals surface area contributed by atoms with Gasteiger partial charge in [0.2, 0.25) is 5.91 Å². The van der Waals surface area contributed by atoms with Crippen LogP contribution < -0.4 is 10.2 Å². The summed E-state index contributed by atoms with van der Waals surface area (Å²) in [5.41, 5.74) is 5.25. The lowest BCUT2D eigenvalue weighted by Crippen LogP contribution is -2.65. The van der Waals surface area contributed by atoms with Crippen LogP contribution in [0.4, 0.5) is 5.69 Å². The van der Waals surface area contributed by atoms with E-state index in [1.807, 2.05) is 39.0 Å². The van der Waals surface area contributed by atoms with Gasteiger partial charge < -0.3 is 5.32 Å². The van der Waals surface area contributed by atoms with Gasteiger partial charge in [-0.2, -0.15) is 5.10 Å². The molecular weight excluding hydrogens is 460 g/mol. The zero-order chi connectivity index (χ0) is 26.2. The van der Waals surface area contributed by atoms with Gasteiger partial charge in [-0.05, 0) is 74.9 Å². The van der Waals surface area contributed by atoms with E-state index in [0.29, 0.717) is 12.2 Å². The fourth-order valence-corrected chi connectivity index (χ4v) is 5.88. The number of benzene rings is 2. The van der Waals surface area contributed by atoms with Crippen LogP contribution in [-0.2, 0) is 17.8 Å². The summed E-state index contributed by atoms with van der Waals surface area (Å²) in [5.74, 6) is -0.305. The first kappa shape index (κ1) is 25.2. The zero-order valence-electron chi connectivity index (χ0n) is 22.5. The van der Waals surface area contributed by atoms with E-state index in [2.05, 4.69) is 42.6 Å². The lowest BCUT2D eigenvalue weighted by atomic mass is 9.92. The third-order valence-electron chi connectivity index (χ3n) is 7.96. The summed E-state index contributed by atoms with van der Waals surface area (Å²) >= 11 is 0. The number of nitrogens with one attached hydrogen (secondary N) is 1. The molecule has 194 valence electrons. The number of carbonyl (C=O) groups excluding carboxylic acids is 2. The van der Waals surface area contributed by atoms with Gasteiger partial charge in [-0.15, -0.1) is 0 Å². The van der Waals surface area contributed by atoms with Crippen molar-refractivity contribution >= 4 is 17.5 Å². The standard InChI is InChI=1S/C31H38N4O2/c1-5-23-12-14-24(15-13-23)27-19-28-29(36)35(26-17-21(2)16-22(3)18-26)31(4,20-34(28)33-27)30(37)32-25-10-8-6-7-9-11-25/h12-19,25H,5-11,20H2,1-4H3,(H,32,37). The molecule has 37 heavy (non-hydrogen) atoms. The maximum atomic E-state index is 14.1. The number of rotatable bonds is 5.